The average molecular weight is 466 g/mol. The molecule has 0 spiro atoms. The quantitative estimate of drug-likeness (QED) is 0.452. The summed E-state index contributed by atoms with van der Waals surface area (Å²) in [7, 11) is 7.54. The van der Waals surface area contributed by atoms with Crippen LogP contribution >= 0.6 is 0 Å². The van der Waals surface area contributed by atoms with Gasteiger partial charge < -0.3 is 14.4 Å². The average Bonchev–Trinajstić information content (AvgIpc) is 3.32. The van der Waals surface area contributed by atoms with Crippen molar-refractivity contribution in [1.82, 2.24) is 30.0 Å². The first-order chi connectivity index (χ1) is 16.6. The van der Waals surface area contributed by atoms with Crippen LogP contribution in [0.5, 0.6) is 5.75 Å². The van der Waals surface area contributed by atoms with Gasteiger partial charge in [-0.1, -0.05) is 30.3 Å². The zero-order valence-electron chi connectivity index (χ0n) is 20.6. The smallest absolute Gasteiger partial charge is 0.173 e. The van der Waals surface area contributed by atoms with Gasteiger partial charge in [0.2, 0.25) is 0 Å². The van der Waals surface area contributed by atoms with Crippen LogP contribution in [0.15, 0.2) is 48.5 Å². The SMILES string of the molecule is COCCn1nnnc1C(c1ccc(N(C)C)cc1)N1CCN(Cc2ccccc2OC)CC1. The number of para-hydroxylation sites is 1. The Balaban J connectivity index is 1.53. The Kier molecular flexibility index (Phi) is 8.10. The molecule has 1 saturated heterocycles. The van der Waals surface area contributed by atoms with E-state index in [-0.39, 0.29) is 6.04 Å². The monoisotopic (exact) mass is 465 g/mol. The van der Waals surface area contributed by atoms with Gasteiger partial charge in [0, 0.05) is 65.2 Å². The largest absolute Gasteiger partial charge is 0.496 e. The third kappa shape index (κ3) is 5.55. The molecule has 1 aliphatic rings. The van der Waals surface area contributed by atoms with Crippen molar-refractivity contribution in [3.63, 3.8) is 0 Å². The molecule has 1 atom stereocenters. The maximum atomic E-state index is 5.55. The number of hydrogen-bond acceptors (Lipinski definition) is 8. The van der Waals surface area contributed by atoms with E-state index in [1.807, 2.05) is 16.8 Å². The molecule has 0 N–H and O–H groups in total. The fraction of sp³-hybridized carbons (Fsp3) is 0.480. The summed E-state index contributed by atoms with van der Waals surface area (Å²) in [5.41, 5.74) is 3.58. The van der Waals surface area contributed by atoms with Crippen molar-refractivity contribution in [2.24, 2.45) is 0 Å². The molecule has 0 bridgehead atoms. The molecule has 0 saturated carbocycles. The highest BCUT2D eigenvalue weighted by atomic mass is 16.5. The van der Waals surface area contributed by atoms with Gasteiger partial charge in [-0.05, 0) is 34.2 Å². The van der Waals surface area contributed by atoms with Crippen LogP contribution in [0.25, 0.3) is 0 Å². The molecule has 3 aromatic rings. The highest BCUT2D eigenvalue weighted by Gasteiger charge is 2.30. The Morgan fingerprint density at radius 1 is 0.971 bits per heavy atom. The molecule has 0 amide bonds. The lowest BCUT2D eigenvalue weighted by molar-refractivity contribution is 0.0983. The summed E-state index contributed by atoms with van der Waals surface area (Å²) in [6.07, 6.45) is 0. The number of tetrazole rings is 1. The van der Waals surface area contributed by atoms with Crippen molar-refractivity contribution in [1.29, 1.82) is 0 Å². The predicted molar refractivity (Wildman–Crippen MR) is 132 cm³/mol. The summed E-state index contributed by atoms with van der Waals surface area (Å²) in [5.74, 6) is 1.80. The van der Waals surface area contributed by atoms with Gasteiger partial charge in [-0.25, -0.2) is 4.68 Å². The zero-order valence-corrected chi connectivity index (χ0v) is 20.6. The van der Waals surface area contributed by atoms with Crippen molar-refractivity contribution in [2.75, 3.05) is 66.0 Å². The van der Waals surface area contributed by atoms with Crippen LogP contribution in [0.3, 0.4) is 0 Å². The number of hydrogen-bond donors (Lipinski definition) is 0. The summed E-state index contributed by atoms with van der Waals surface area (Å²) in [4.78, 5) is 7.07. The minimum atomic E-state index is -0.0171. The molecule has 1 unspecified atom stereocenters. The van der Waals surface area contributed by atoms with Crippen LogP contribution in [0.2, 0.25) is 0 Å². The zero-order chi connectivity index (χ0) is 23.9. The normalized spacial score (nSPS) is 15.9. The lowest BCUT2D eigenvalue weighted by Gasteiger charge is -2.39. The minimum absolute atomic E-state index is 0.0171. The number of rotatable bonds is 10. The van der Waals surface area contributed by atoms with E-state index >= 15 is 0 Å². The summed E-state index contributed by atoms with van der Waals surface area (Å²) in [5, 5.41) is 12.7. The Labute approximate surface area is 201 Å². The summed E-state index contributed by atoms with van der Waals surface area (Å²) in [6.45, 7) is 5.84. The van der Waals surface area contributed by atoms with E-state index in [2.05, 4.69) is 80.7 Å². The molecule has 1 aliphatic heterocycles. The topological polar surface area (TPSA) is 71.8 Å². The summed E-state index contributed by atoms with van der Waals surface area (Å²) in [6, 6.07) is 16.9. The summed E-state index contributed by atoms with van der Waals surface area (Å²) >= 11 is 0. The maximum Gasteiger partial charge on any atom is 0.173 e. The minimum Gasteiger partial charge on any atom is -0.496 e. The van der Waals surface area contributed by atoms with E-state index in [0.29, 0.717) is 13.2 Å². The van der Waals surface area contributed by atoms with E-state index in [9.17, 15) is 0 Å². The molecule has 1 aromatic heterocycles. The molecule has 2 heterocycles. The Bertz CT molecular complexity index is 1030. The highest BCUT2D eigenvalue weighted by Crippen LogP contribution is 2.30. The maximum absolute atomic E-state index is 5.55. The lowest BCUT2D eigenvalue weighted by atomic mass is 10.0. The first-order valence-electron chi connectivity index (χ1n) is 11.7. The van der Waals surface area contributed by atoms with E-state index in [0.717, 1.165) is 44.3 Å². The van der Waals surface area contributed by atoms with Crippen LogP contribution in [0.4, 0.5) is 5.69 Å². The molecule has 0 aliphatic carbocycles. The highest BCUT2D eigenvalue weighted by molar-refractivity contribution is 5.47. The first kappa shape index (κ1) is 24.1. The van der Waals surface area contributed by atoms with Gasteiger partial charge in [-0.15, -0.1) is 5.10 Å². The van der Waals surface area contributed by atoms with E-state index in [1.54, 1.807) is 14.2 Å². The molecule has 9 heteroatoms. The van der Waals surface area contributed by atoms with Crippen LogP contribution in [-0.4, -0.2) is 91.1 Å². The van der Waals surface area contributed by atoms with Crippen molar-refractivity contribution < 1.29 is 9.47 Å². The van der Waals surface area contributed by atoms with Gasteiger partial charge in [0.1, 0.15) is 5.75 Å². The molecule has 9 nitrogen and oxygen atoms in total. The second-order valence-corrected chi connectivity index (χ2v) is 8.77. The number of aromatic nitrogens is 4. The third-order valence-electron chi connectivity index (χ3n) is 6.40. The molecule has 0 radical (unpaired) electrons. The number of ether oxygens (including phenoxy) is 2. The molecular formula is C25H35N7O2. The van der Waals surface area contributed by atoms with E-state index < -0.39 is 0 Å². The van der Waals surface area contributed by atoms with Crippen molar-refractivity contribution >= 4 is 5.69 Å². The molecule has 4 rings (SSSR count). The predicted octanol–water partition coefficient (Wildman–Crippen LogP) is 2.30. The van der Waals surface area contributed by atoms with Gasteiger partial charge in [0.05, 0.1) is 26.3 Å². The second kappa shape index (κ2) is 11.4. The number of anilines is 1. The van der Waals surface area contributed by atoms with Crippen molar-refractivity contribution in [3.05, 3.63) is 65.5 Å². The first-order valence-corrected chi connectivity index (χ1v) is 11.7. The number of piperazine rings is 1. The van der Waals surface area contributed by atoms with E-state index in [4.69, 9.17) is 9.47 Å². The van der Waals surface area contributed by atoms with Crippen LogP contribution in [0.1, 0.15) is 23.0 Å². The standard InChI is InChI=1S/C25H35N7O2/c1-29(2)22-11-9-20(10-12-22)24(25-26-27-28-32(25)17-18-33-3)31-15-13-30(14-16-31)19-21-7-5-6-8-23(21)34-4/h5-12,24H,13-19H2,1-4H3. The summed E-state index contributed by atoms with van der Waals surface area (Å²) < 4.78 is 12.7. The van der Waals surface area contributed by atoms with E-state index in [1.165, 1.54) is 16.8 Å². The second-order valence-electron chi connectivity index (χ2n) is 8.77. The molecule has 1 fully saturated rings. The molecule has 34 heavy (non-hydrogen) atoms. The van der Waals surface area contributed by atoms with Crippen molar-refractivity contribution in [2.45, 2.75) is 19.1 Å². The van der Waals surface area contributed by atoms with Gasteiger partial charge in [0.15, 0.2) is 5.82 Å². The fourth-order valence-corrected chi connectivity index (χ4v) is 4.48. The van der Waals surface area contributed by atoms with Gasteiger partial charge in [-0.2, -0.15) is 0 Å². The lowest BCUT2D eigenvalue weighted by Crippen LogP contribution is -2.48. The molecule has 182 valence electrons. The van der Waals surface area contributed by atoms with Crippen LogP contribution in [0, 0.1) is 0 Å². The Morgan fingerprint density at radius 2 is 1.71 bits per heavy atom. The number of nitrogens with zero attached hydrogens (tertiary/aromatic N) is 7. The van der Waals surface area contributed by atoms with Crippen LogP contribution in [-0.2, 0) is 17.8 Å². The fourth-order valence-electron chi connectivity index (χ4n) is 4.48. The number of methoxy groups -OCH3 is 2. The Morgan fingerprint density at radius 3 is 2.38 bits per heavy atom. The Hall–Kier alpha value is -3.01. The van der Waals surface area contributed by atoms with Gasteiger partial charge >= 0.3 is 0 Å². The third-order valence-corrected chi connectivity index (χ3v) is 6.40. The van der Waals surface area contributed by atoms with Crippen LogP contribution < -0.4 is 9.64 Å². The molecule has 2 aromatic carbocycles. The molecular weight excluding hydrogens is 430 g/mol. The van der Waals surface area contributed by atoms with Crippen molar-refractivity contribution in [3.8, 4) is 5.75 Å². The van der Waals surface area contributed by atoms with Gasteiger partial charge in [0.25, 0.3) is 0 Å². The number of benzene rings is 2. The van der Waals surface area contributed by atoms with Gasteiger partial charge in [-0.3, -0.25) is 9.80 Å².